The molecule has 0 bridgehead atoms. The van der Waals surface area contributed by atoms with E-state index in [1.165, 1.54) is 13.4 Å². The molecule has 1 aromatic heterocycles. The number of hydrogen-bond donors (Lipinski definition) is 1. The summed E-state index contributed by atoms with van der Waals surface area (Å²) in [7, 11) is 5.09. The maximum absolute atomic E-state index is 11.8. The van der Waals surface area contributed by atoms with Crippen molar-refractivity contribution in [2.24, 2.45) is 0 Å². The van der Waals surface area contributed by atoms with E-state index < -0.39 is 4.92 Å². The minimum absolute atomic E-state index is 0.107. The quantitative estimate of drug-likeness (QED) is 0.599. The molecule has 2 aromatic rings. The summed E-state index contributed by atoms with van der Waals surface area (Å²) >= 11 is 0. The van der Waals surface area contributed by atoms with Crippen LogP contribution in [0.2, 0.25) is 0 Å². The second-order valence-electron chi connectivity index (χ2n) is 6.13. The molecule has 1 N–H and O–H groups in total. The Balaban J connectivity index is 1.99. The molecule has 0 amide bonds. The first kappa shape index (κ1) is 18.6. The maximum atomic E-state index is 11.8. The molecule has 1 aromatic carbocycles. The molecule has 0 atom stereocenters. The van der Waals surface area contributed by atoms with Crippen LogP contribution in [0, 0.1) is 10.1 Å². The molecule has 3 rings (SSSR count). The number of ether oxygens (including phenoxy) is 2. The van der Waals surface area contributed by atoms with Crippen molar-refractivity contribution in [2.75, 3.05) is 57.7 Å². The van der Waals surface area contributed by atoms with Gasteiger partial charge in [0, 0.05) is 32.2 Å². The molecule has 144 valence electrons. The summed E-state index contributed by atoms with van der Waals surface area (Å²) in [6, 6.07) is 5.16. The highest BCUT2D eigenvalue weighted by molar-refractivity contribution is 5.77. The highest BCUT2D eigenvalue weighted by Crippen LogP contribution is 2.37. The van der Waals surface area contributed by atoms with E-state index in [1.54, 1.807) is 25.3 Å². The molecule has 0 radical (unpaired) electrons. The molecule has 10 nitrogen and oxygen atoms in total. The number of piperazine rings is 1. The van der Waals surface area contributed by atoms with Gasteiger partial charge in [0.15, 0.2) is 0 Å². The predicted molar refractivity (Wildman–Crippen MR) is 101 cm³/mol. The van der Waals surface area contributed by atoms with Gasteiger partial charge in [0.25, 0.3) is 0 Å². The normalized spacial score (nSPS) is 14.7. The monoisotopic (exact) mass is 374 g/mol. The van der Waals surface area contributed by atoms with E-state index >= 15 is 0 Å². The van der Waals surface area contributed by atoms with Crippen molar-refractivity contribution in [1.29, 1.82) is 0 Å². The Morgan fingerprint density at radius 3 is 2.52 bits per heavy atom. The highest BCUT2D eigenvalue weighted by Gasteiger charge is 2.29. The van der Waals surface area contributed by atoms with Gasteiger partial charge in [-0.2, -0.15) is 0 Å². The highest BCUT2D eigenvalue weighted by atomic mass is 16.6. The van der Waals surface area contributed by atoms with E-state index in [0.717, 1.165) is 13.1 Å². The molecule has 0 saturated carbocycles. The Bertz CT molecular complexity index is 823. The van der Waals surface area contributed by atoms with E-state index in [2.05, 4.69) is 20.2 Å². The second kappa shape index (κ2) is 8.04. The van der Waals surface area contributed by atoms with Crippen molar-refractivity contribution in [3.63, 3.8) is 0 Å². The minimum atomic E-state index is -0.456. The van der Waals surface area contributed by atoms with Gasteiger partial charge in [0.05, 0.1) is 24.8 Å². The number of likely N-dealkylation sites (N-methyl/N-ethyl adjacent to an activating group) is 1. The van der Waals surface area contributed by atoms with Crippen LogP contribution >= 0.6 is 0 Å². The Morgan fingerprint density at radius 2 is 1.89 bits per heavy atom. The summed E-state index contributed by atoms with van der Waals surface area (Å²) in [6.07, 6.45) is 1.33. The lowest BCUT2D eigenvalue weighted by atomic mass is 10.2. The van der Waals surface area contributed by atoms with Crippen LogP contribution in [0.1, 0.15) is 0 Å². The summed E-state index contributed by atoms with van der Waals surface area (Å²) in [5.41, 5.74) is 0.356. The molecule has 1 fully saturated rings. The summed E-state index contributed by atoms with van der Waals surface area (Å²) in [5.74, 6) is 1.53. The lowest BCUT2D eigenvalue weighted by Gasteiger charge is -2.32. The third-order valence-corrected chi connectivity index (χ3v) is 4.45. The fraction of sp³-hybridized carbons (Fsp3) is 0.412. The van der Waals surface area contributed by atoms with Gasteiger partial charge in [-0.05, 0) is 19.2 Å². The van der Waals surface area contributed by atoms with Crippen molar-refractivity contribution < 1.29 is 14.4 Å². The standard InChI is InChI=1S/C17H22N6O4/c1-21-6-8-22(9-7-21)17-15(23(24)25)16(18-11-19-17)20-13-10-12(26-2)4-5-14(13)27-3/h4-5,10-11H,6-9H2,1-3H3,(H,18,19,20). The minimum Gasteiger partial charge on any atom is -0.497 e. The van der Waals surface area contributed by atoms with Crippen LogP contribution in [-0.2, 0) is 0 Å². The lowest BCUT2D eigenvalue weighted by molar-refractivity contribution is -0.383. The summed E-state index contributed by atoms with van der Waals surface area (Å²) in [6.45, 7) is 2.95. The smallest absolute Gasteiger partial charge is 0.353 e. The van der Waals surface area contributed by atoms with E-state index in [1.807, 2.05) is 11.9 Å². The number of anilines is 3. The number of aromatic nitrogens is 2. The van der Waals surface area contributed by atoms with Crippen LogP contribution in [0.25, 0.3) is 0 Å². The molecule has 0 aliphatic carbocycles. The summed E-state index contributed by atoms with van der Waals surface area (Å²) in [5, 5.41) is 14.8. The molecule has 2 heterocycles. The van der Waals surface area contributed by atoms with Crippen LogP contribution in [0.5, 0.6) is 11.5 Å². The fourth-order valence-electron chi connectivity index (χ4n) is 2.92. The first-order valence-electron chi connectivity index (χ1n) is 8.45. The zero-order valence-electron chi connectivity index (χ0n) is 15.5. The van der Waals surface area contributed by atoms with Crippen molar-refractivity contribution in [3.05, 3.63) is 34.6 Å². The van der Waals surface area contributed by atoms with Gasteiger partial charge in [-0.3, -0.25) is 10.1 Å². The van der Waals surface area contributed by atoms with Crippen molar-refractivity contribution in [3.8, 4) is 11.5 Å². The first-order valence-corrected chi connectivity index (χ1v) is 8.45. The van der Waals surface area contributed by atoms with Gasteiger partial charge in [-0.15, -0.1) is 0 Å². The van der Waals surface area contributed by atoms with Gasteiger partial charge in [0.2, 0.25) is 11.6 Å². The number of nitrogens with zero attached hydrogens (tertiary/aromatic N) is 5. The van der Waals surface area contributed by atoms with Crippen LogP contribution in [-0.4, -0.2) is 67.2 Å². The number of hydrogen-bond acceptors (Lipinski definition) is 9. The molecular weight excluding hydrogens is 352 g/mol. The maximum Gasteiger partial charge on any atom is 0.353 e. The van der Waals surface area contributed by atoms with Crippen LogP contribution in [0.3, 0.4) is 0 Å². The van der Waals surface area contributed by atoms with Crippen LogP contribution < -0.4 is 19.7 Å². The van der Waals surface area contributed by atoms with Crippen molar-refractivity contribution in [2.45, 2.75) is 0 Å². The average Bonchev–Trinajstić information content (AvgIpc) is 2.68. The second-order valence-corrected chi connectivity index (χ2v) is 6.13. The van der Waals surface area contributed by atoms with Gasteiger partial charge < -0.3 is 24.6 Å². The number of nitrogens with one attached hydrogen (secondary N) is 1. The van der Waals surface area contributed by atoms with Crippen LogP contribution in [0.15, 0.2) is 24.5 Å². The molecular formula is C17H22N6O4. The van der Waals surface area contributed by atoms with Gasteiger partial charge in [-0.1, -0.05) is 0 Å². The fourth-order valence-corrected chi connectivity index (χ4v) is 2.92. The Kier molecular flexibility index (Phi) is 5.55. The number of benzene rings is 1. The zero-order valence-corrected chi connectivity index (χ0v) is 15.5. The predicted octanol–water partition coefficient (Wildman–Crippen LogP) is 1.90. The average molecular weight is 374 g/mol. The molecule has 1 saturated heterocycles. The summed E-state index contributed by atoms with van der Waals surface area (Å²) < 4.78 is 10.6. The zero-order chi connectivity index (χ0) is 19.4. The van der Waals surface area contributed by atoms with Crippen LogP contribution in [0.4, 0.5) is 23.0 Å². The molecule has 27 heavy (non-hydrogen) atoms. The molecule has 0 spiro atoms. The van der Waals surface area contributed by atoms with E-state index in [0.29, 0.717) is 36.1 Å². The number of rotatable bonds is 6. The largest absolute Gasteiger partial charge is 0.497 e. The molecule has 0 unspecified atom stereocenters. The van der Waals surface area contributed by atoms with E-state index in [9.17, 15) is 10.1 Å². The van der Waals surface area contributed by atoms with Crippen molar-refractivity contribution in [1.82, 2.24) is 14.9 Å². The van der Waals surface area contributed by atoms with Gasteiger partial charge >= 0.3 is 5.69 Å². The molecule has 1 aliphatic rings. The van der Waals surface area contributed by atoms with E-state index in [4.69, 9.17) is 9.47 Å². The molecule has 1 aliphatic heterocycles. The van der Waals surface area contributed by atoms with Crippen molar-refractivity contribution >= 4 is 23.0 Å². The Hall–Kier alpha value is -3.14. The first-order chi connectivity index (χ1) is 13.0. The lowest BCUT2D eigenvalue weighted by Crippen LogP contribution is -2.45. The molecule has 10 heteroatoms. The van der Waals surface area contributed by atoms with Gasteiger partial charge in [-0.25, -0.2) is 9.97 Å². The summed E-state index contributed by atoms with van der Waals surface area (Å²) in [4.78, 5) is 23.7. The SMILES string of the molecule is COc1ccc(OC)c(Nc2ncnc(N3CCN(C)CC3)c2[N+](=O)[O-])c1. The topological polar surface area (TPSA) is 106 Å². The number of methoxy groups -OCH3 is 2. The van der Waals surface area contributed by atoms with Gasteiger partial charge in [0.1, 0.15) is 17.8 Å². The third kappa shape index (κ3) is 4.00. The van der Waals surface area contributed by atoms with E-state index in [-0.39, 0.29) is 11.5 Å². The Morgan fingerprint density at radius 1 is 1.15 bits per heavy atom. The number of nitro groups is 1. The Labute approximate surface area is 156 Å². The third-order valence-electron chi connectivity index (χ3n) is 4.45.